The lowest BCUT2D eigenvalue weighted by Crippen LogP contribution is -2.30. The Hall–Kier alpha value is -2.48. The third kappa shape index (κ3) is 1.95. The van der Waals surface area contributed by atoms with Crippen molar-refractivity contribution >= 4 is 21.6 Å². The zero-order chi connectivity index (χ0) is 15.2. The lowest BCUT2D eigenvalue weighted by molar-refractivity contribution is 0.0864. The van der Waals surface area contributed by atoms with Crippen LogP contribution in [0.1, 0.15) is 15.9 Å². The van der Waals surface area contributed by atoms with Gasteiger partial charge in [0.05, 0.1) is 12.1 Å². The maximum absolute atomic E-state index is 13.8. The molecule has 0 unspecified atom stereocenters. The first-order valence-corrected chi connectivity index (χ1v) is 7.42. The maximum Gasteiger partial charge on any atom is 0.285 e. The highest BCUT2D eigenvalue weighted by atomic mass is 32.2. The predicted octanol–water partition coefficient (Wildman–Crippen LogP) is 1.15. The summed E-state index contributed by atoms with van der Waals surface area (Å²) in [7, 11) is -4.08. The van der Waals surface area contributed by atoms with E-state index < -0.39 is 28.3 Å². The van der Waals surface area contributed by atoms with Gasteiger partial charge in [-0.2, -0.15) is 8.42 Å². The van der Waals surface area contributed by atoms with Gasteiger partial charge >= 0.3 is 0 Å². The molecular weight excluding hydrogens is 297 g/mol. The zero-order valence-corrected chi connectivity index (χ0v) is 11.5. The maximum atomic E-state index is 13.8. The summed E-state index contributed by atoms with van der Waals surface area (Å²) >= 11 is 0. The summed E-state index contributed by atoms with van der Waals surface area (Å²) < 4.78 is 39.0. The molecule has 2 heterocycles. The van der Waals surface area contributed by atoms with E-state index >= 15 is 0 Å². The minimum Gasteiger partial charge on any atom is -0.398 e. The van der Waals surface area contributed by atoms with E-state index in [1.54, 1.807) is 0 Å². The fourth-order valence-electron chi connectivity index (χ4n) is 2.15. The Balaban J connectivity index is 2.08. The highest BCUT2D eigenvalue weighted by Gasteiger charge is 2.42. The van der Waals surface area contributed by atoms with Gasteiger partial charge < -0.3 is 5.73 Å². The smallest absolute Gasteiger partial charge is 0.285 e. The van der Waals surface area contributed by atoms with Crippen molar-refractivity contribution in [1.29, 1.82) is 0 Å². The van der Waals surface area contributed by atoms with Crippen LogP contribution < -0.4 is 5.73 Å². The molecule has 2 aromatic rings. The summed E-state index contributed by atoms with van der Waals surface area (Å²) in [5.74, 6) is -1.40. The van der Waals surface area contributed by atoms with Crippen molar-refractivity contribution in [2.75, 3.05) is 5.73 Å². The molecule has 0 saturated carbocycles. The van der Waals surface area contributed by atoms with Crippen molar-refractivity contribution in [3.63, 3.8) is 0 Å². The Bertz CT molecular complexity index is 831. The first-order valence-electron chi connectivity index (χ1n) is 5.98. The fourth-order valence-corrected chi connectivity index (χ4v) is 3.60. The largest absolute Gasteiger partial charge is 0.398 e. The van der Waals surface area contributed by atoms with Crippen LogP contribution in [0, 0.1) is 5.82 Å². The van der Waals surface area contributed by atoms with E-state index in [4.69, 9.17) is 5.73 Å². The van der Waals surface area contributed by atoms with Crippen LogP contribution in [0.4, 0.5) is 10.1 Å². The average Bonchev–Trinajstić information content (AvgIpc) is 2.64. The number of nitrogen functional groups attached to an aromatic ring is 1. The molecule has 0 saturated heterocycles. The van der Waals surface area contributed by atoms with Gasteiger partial charge in [-0.15, -0.1) is 0 Å². The van der Waals surface area contributed by atoms with Crippen LogP contribution in [0.25, 0.3) is 0 Å². The Kier molecular flexibility index (Phi) is 2.91. The number of rotatable bonds is 2. The highest BCUT2D eigenvalue weighted by molar-refractivity contribution is 7.90. The van der Waals surface area contributed by atoms with Gasteiger partial charge in [0.1, 0.15) is 5.82 Å². The molecule has 2 N–H and O–H groups in total. The van der Waals surface area contributed by atoms with Crippen LogP contribution in [0.2, 0.25) is 0 Å². The Morgan fingerprint density at radius 2 is 2.00 bits per heavy atom. The van der Waals surface area contributed by atoms with Crippen molar-refractivity contribution in [1.82, 2.24) is 9.29 Å². The van der Waals surface area contributed by atoms with Gasteiger partial charge in [-0.1, -0.05) is 6.07 Å². The van der Waals surface area contributed by atoms with E-state index in [2.05, 4.69) is 4.98 Å². The van der Waals surface area contributed by atoms with E-state index in [0.717, 1.165) is 6.07 Å². The quantitative estimate of drug-likeness (QED) is 0.840. The molecule has 0 spiro atoms. The van der Waals surface area contributed by atoms with E-state index in [1.165, 1.54) is 30.5 Å². The topological polar surface area (TPSA) is 93.4 Å². The minimum absolute atomic E-state index is 0.0209. The molecule has 8 heteroatoms. The number of hydrogen-bond donors (Lipinski definition) is 1. The number of halogens is 1. The summed E-state index contributed by atoms with van der Waals surface area (Å²) in [6, 6.07) is 6.84. The monoisotopic (exact) mass is 307 g/mol. The van der Waals surface area contributed by atoms with Crippen LogP contribution in [-0.2, 0) is 16.6 Å². The molecule has 1 amide bonds. The number of carbonyl (C=O) groups is 1. The van der Waals surface area contributed by atoms with E-state index in [0.29, 0.717) is 4.31 Å². The number of amides is 1. The third-order valence-electron chi connectivity index (χ3n) is 3.22. The van der Waals surface area contributed by atoms with Crippen LogP contribution in [-0.4, -0.2) is 23.6 Å². The first-order chi connectivity index (χ1) is 9.93. The second-order valence-electron chi connectivity index (χ2n) is 4.48. The number of sulfonamides is 1. The molecule has 1 aromatic heterocycles. The fraction of sp³-hybridized carbons (Fsp3) is 0.0769. The number of hydrogen-bond acceptors (Lipinski definition) is 5. The molecule has 0 fully saturated rings. The lowest BCUT2D eigenvalue weighted by Gasteiger charge is -2.16. The number of anilines is 1. The van der Waals surface area contributed by atoms with Gasteiger partial charge in [0.15, 0.2) is 5.03 Å². The summed E-state index contributed by atoms with van der Waals surface area (Å²) in [5, 5.41) is -0.315. The Morgan fingerprint density at radius 1 is 1.24 bits per heavy atom. The van der Waals surface area contributed by atoms with Gasteiger partial charge in [0.25, 0.3) is 15.9 Å². The van der Waals surface area contributed by atoms with Crippen molar-refractivity contribution < 1.29 is 17.6 Å². The molecule has 6 nitrogen and oxygen atoms in total. The zero-order valence-electron chi connectivity index (χ0n) is 10.7. The van der Waals surface area contributed by atoms with Gasteiger partial charge in [-0.05, 0) is 24.3 Å². The number of nitrogens with two attached hydrogens (primary N) is 1. The van der Waals surface area contributed by atoms with Crippen LogP contribution in [0.3, 0.4) is 0 Å². The highest BCUT2D eigenvalue weighted by Crippen LogP contribution is 2.31. The average molecular weight is 307 g/mol. The number of aromatic nitrogens is 1. The molecular formula is C13H10FN3O3S. The van der Waals surface area contributed by atoms with Crippen molar-refractivity contribution in [2.24, 2.45) is 0 Å². The summed E-state index contributed by atoms with van der Waals surface area (Å²) in [4.78, 5) is 15.9. The Morgan fingerprint density at radius 3 is 2.67 bits per heavy atom. The van der Waals surface area contributed by atoms with Gasteiger partial charge in [0, 0.05) is 17.4 Å². The van der Waals surface area contributed by atoms with Crippen LogP contribution in [0.5, 0.6) is 0 Å². The number of pyridine rings is 1. The summed E-state index contributed by atoms with van der Waals surface area (Å²) in [6.45, 7) is -0.462. The molecule has 0 atom stereocenters. The number of fused-ring (bicyclic) bond motifs is 1. The van der Waals surface area contributed by atoms with Crippen molar-refractivity contribution in [3.05, 3.63) is 53.5 Å². The standard InChI is InChI=1S/C13H10FN3O3S/c14-10-4-1-5-11(15)9(10)7-17-13(18)8-3-2-6-16-12(8)21(17,19)20/h1-6H,7,15H2. The molecule has 0 bridgehead atoms. The number of carbonyl (C=O) groups excluding carboxylic acids is 1. The van der Waals surface area contributed by atoms with Crippen LogP contribution >= 0.6 is 0 Å². The van der Waals surface area contributed by atoms with Crippen LogP contribution in [0.15, 0.2) is 41.6 Å². The molecule has 1 aliphatic heterocycles. The first kappa shape index (κ1) is 13.5. The molecule has 108 valence electrons. The van der Waals surface area contributed by atoms with E-state index in [1.807, 2.05) is 0 Å². The summed E-state index contributed by atoms with van der Waals surface area (Å²) in [5.41, 5.74) is 5.67. The molecule has 1 aliphatic rings. The van der Waals surface area contributed by atoms with Gasteiger partial charge in [0.2, 0.25) is 0 Å². The third-order valence-corrected chi connectivity index (χ3v) is 4.91. The normalized spacial score (nSPS) is 16.0. The predicted molar refractivity (Wildman–Crippen MR) is 72.1 cm³/mol. The molecule has 1 aromatic carbocycles. The Labute approximate surface area is 120 Å². The number of nitrogens with zero attached hydrogens (tertiary/aromatic N) is 2. The molecule has 0 radical (unpaired) electrons. The second-order valence-corrected chi connectivity index (χ2v) is 6.26. The second kappa shape index (κ2) is 4.52. The van der Waals surface area contributed by atoms with E-state index in [-0.39, 0.29) is 21.8 Å². The minimum atomic E-state index is -4.08. The van der Waals surface area contributed by atoms with Gasteiger partial charge in [-0.25, -0.2) is 13.7 Å². The van der Waals surface area contributed by atoms with Gasteiger partial charge in [-0.3, -0.25) is 4.79 Å². The van der Waals surface area contributed by atoms with E-state index in [9.17, 15) is 17.6 Å². The lowest BCUT2D eigenvalue weighted by atomic mass is 10.1. The van der Waals surface area contributed by atoms with Crippen molar-refractivity contribution in [3.8, 4) is 0 Å². The molecule has 0 aliphatic carbocycles. The number of benzene rings is 1. The molecule has 21 heavy (non-hydrogen) atoms. The SMILES string of the molecule is Nc1cccc(F)c1CN1C(=O)c2cccnc2S1(=O)=O. The molecule has 3 rings (SSSR count). The summed E-state index contributed by atoms with van der Waals surface area (Å²) in [6.07, 6.45) is 1.28. The van der Waals surface area contributed by atoms with Crippen molar-refractivity contribution in [2.45, 2.75) is 11.6 Å².